The minimum absolute atomic E-state index is 0.00282. The number of nitrogens with one attached hydrogen (secondary N) is 1. The van der Waals surface area contributed by atoms with Crippen LogP contribution in [0.25, 0.3) is 0 Å². The summed E-state index contributed by atoms with van der Waals surface area (Å²) in [6.45, 7) is 8.63. The van der Waals surface area contributed by atoms with Crippen LogP contribution in [0.4, 0.5) is 10.2 Å². The summed E-state index contributed by atoms with van der Waals surface area (Å²) in [5, 5.41) is 17.8. The molecule has 36 heavy (non-hydrogen) atoms. The van der Waals surface area contributed by atoms with Gasteiger partial charge in [0.1, 0.15) is 17.9 Å². The molecule has 2 aromatic heterocycles. The fraction of sp³-hybridized carbons (Fsp3) is 0.440. The summed E-state index contributed by atoms with van der Waals surface area (Å²) in [4.78, 5) is 13.3. The molecule has 4 rings (SSSR count). The van der Waals surface area contributed by atoms with Gasteiger partial charge in [0.05, 0.1) is 23.8 Å². The monoisotopic (exact) mass is 564 g/mol. The van der Waals surface area contributed by atoms with E-state index < -0.39 is 17.6 Å². The zero-order valence-electron chi connectivity index (χ0n) is 20.6. The third-order valence-corrected chi connectivity index (χ3v) is 6.24. The molecular weight excluding hydrogens is 535 g/mol. The van der Waals surface area contributed by atoms with Gasteiger partial charge in [-0.05, 0) is 54.2 Å². The van der Waals surface area contributed by atoms with Crippen molar-refractivity contribution >= 4 is 27.7 Å². The van der Waals surface area contributed by atoms with Gasteiger partial charge in [-0.2, -0.15) is 5.10 Å². The summed E-state index contributed by atoms with van der Waals surface area (Å²) in [7, 11) is 0. The van der Waals surface area contributed by atoms with Crippen LogP contribution in [0.3, 0.4) is 0 Å². The number of amides is 1. The number of hydrogen-bond donors (Lipinski definition) is 2. The van der Waals surface area contributed by atoms with Crippen LogP contribution in [0.2, 0.25) is 0 Å². The SMILES string of the molecule is CC(C)C[C@@H](C(=O)Nc1ccn(C[C@@H]2COC(C)(C)O2)n1)n1cc(Oc2cccc(Br)c2F)cc1O. The fourth-order valence-electron chi connectivity index (χ4n) is 4.03. The van der Waals surface area contributed by atoms with Crippen molar-refractivity contribution in [3.8, 4) is 17.4 Å². The number of nitrogens with zero attached hydrogens (tertiary/aromatic N) is 3. The van der Waals surface area contributed by atoms with Gasteiger partial charge in [0.2, 0.25) is 5.91 Å². The highest BCUT2D eigenvalue weighted by Crippen LogP contribution is 2.34. The highest BCUT2D eigenvalue weighted by atomic mass is 79.9. The summed E-state index contributed by atoms with van der Waals surface area (Å²) in [6, 6.07) is 6.98. The topological polar surface area (TPSA) is 99.8 Å². The maximum absolute atomic E-state index is 14.3. The molecule has 0 radical (unpaired) electrons. The van der Waals surface area contributed by atoms with Crippen molar-refractivity contribution < 1.29 is 28.5 Å². The van der Waals surface area contributed by atoms with Gasteiger partial charge in [-0.15, -0.1) is 0 Å². The van der Waals surface area contributed by atoms with Crippen LogP contribution in [-0.2, 0) is 20.8 Å². The number of hydrogen-bond acceptors (Lipinski definition) is 6. The fourth-order valence-corrected chi connectivity index (χ4v) is 4.38. The van der Waals surface area contributed by atoms with Gasteiger partial charge in [-0.1, -0.05) is 19.9 Å². The van der Waals surface area contributed by atoms with Gasteiger partial charge in [0, 0.05) is 18.3 Å². The quantitative estimate of drug-likeness (QED) is 0.358. The number of aromatic nitrogens is 3. The number of carbonyl (C=O) groups is 1. The van der Waals surface area contributed by atoms with E-state index in [1.807, 2.05) is 27.7 Å². The lowest BCUT2D eigenvalue weighted by Crippen LogP contribution is -2.27. The first-order chi connectivity index (χ1) is 17.0. The number of halogens is 2. The minimum Gasteiger partial charge on any atom is -0.494 e. The summed E-state index contributed by atoms with van der Waals surface area (Å²) in [6.07, 6.45) is 3.55. The van der Waals surface area contributed by atoms with Crippen molar-refractivity contribution in [3.63, 3.8) is 0 Å². The zero-order valence-corrected chi connectivity index (χ0v) is 22.2. The first-order valence-electron chi connectivity index (χ1n) is 11.7. The van der Waals surface area contributed by atoms with Crippen molar-refractivity contribution in [3.05, 3.63) is 53.0 Å². The number of benzene rings is 1. The van der Waals surface area contributed by atoms with Gasteiger partial charge in [-0.3, -0.25) is 9.48 Å². The molecule has 194 valence electrons. The molecule has 0 aliphatic carbocycles. The van der Waals surface area contributed by atoms with Crippen LogP contribution < -0.4 is 10.1 Å². The first-order valence-corrected chi connectivity index (χ1v) is 12.5. The van der Waals surface area contributed by atoms with Crippen LogP contribution in [0.1, 0.15) is 40.2 Å². The highest BCUT2D eigenvalue weighted by Gasteiger charge is 2.33. The standard InChI is InChI=1S/C25H30BrFN4O5/c1-15(2)10-19(31-13-16(11-22(31)32)35-20-7-5-6-18(26)23(20)27)24(33)28-21-8-9-30(29-21)12-17-14-34-25(3,4)36-17/h5-9,11,13,15,17,19,32H,10,12,14H2,1-4H3,(H,28,29,33)/t17-,19+/m1/s1. The second-order valence-corrected chi connectivity index (χ2v) is 10.5. The minimum atomic E-state index is -0.743. The van der Waals surface area contributed by atoms with Gasteiger partial charge < -0.3 is 29.2 Å². The molecule has 1 fully saturated rings. The molecule has 1 amide bonds. The van der Waals surface area contributed by atoms with Gasteiger partial charge in [0.25, 0.3) is 0 Å². The molecule has 0 unspecified atom stereocenters. The number of carbonyl (C=O) groups excluding carboxylic acids is 1. The molecular formula is C25H30BrFN4O5. The molecule has 3 aromatic rings. The first kappa shape index (κ1) is 26.2. The Kier molecular flexibility index (Phi) is 7.72. The highest BCUT2D eigenvalue weighted by molar-refractivity contribution is 9.10. The Morgan fingerprint density at radius 3 is 2.86 bits per heavy atom. The van der Waals surface area contributed by atoms with Crippen molar-refractivity contribution in [2.75, 3.05) is 11.9 Å². The summed E-state index contributed by atoms with van der Waals surface area (Å²) < 4.78 is 34.7. The van der Waals surface area contributed by atoms with Crippen LogP contribution in [-0.4, -0.2) is 43.9 Å². The number of anilines is 1. The second kappa shape index (κ2) is 10.6. The van der Waals surface area contributed by atoms with Crippen LogP contribution in [0.15, 0.2) is 47.2 Å². The molecule has 0 bridgehead atoms. The van der Waals surface area contributed by atoms with E-state index in [2.05, 4.69) is 26.3 Å². The van der Waals surface area contributed by atoms with Gasteiger partial charge in [-0.25, -0.2) is 4.39 Å². The number of ether oxygens (including phenoxy) is 3. The van der Waals surface area contributed by atoms with E-state index in [1.165, 1.54) is 22.9 Å². The Hall–Kier alpha value is -2.89. The van der Waals surface area contributed by atoms with Crippen molar-refractivity contribution in [2.24, 2.45) is 5.92 Å². The van der Waals surface area contributed by atoms with Crippen molar-refractivity contribution in [1.82, 2.24) is 14.3 Å². The van der Waals surface area contributed by atoms with Crippen molar-refractivity contribution in [1.29, 1.82) is 0 Å². The largest absolute Gasteiger partial charge is 0.494 e. The Bertz CT molecular complexity index is 1230. The summed E-state index contributed by atoms with van der Waals surface area (Å²) in [5.41, 5.74) is 0. The predicted octanol–water partition coefficient (Wildman–Crippen LogP) is 5.46. The molecule has 0 saturated carbocycles. The molecule has 11 heteroatoms. The van der Waals surface area contributed by atoms with E-state index in [0.29, 0.717) is 25.4 Å². The Labute approximate surface area is 217 Å². The summed E-state index contributed by atoms with van der Waals surface area (Å²) in [5.74, 6) is -0.970. The average molecular weight is 565 g/mol. The lowest BCUT2D eigenvalue weighted by molar-refractivity contribution is -0.139. The van der Waals surface area contributed by atoms with E-state index in [0.717, 1.165) is 0 Å². The van der Waals surface area contributed by atoms with Crippen LogP contribution in [0.5, 0.6) is 17.4 Å². The molecule has 3 heterocycles. The summed E-state index contributed by atoms with van der Waals surface area (Å²) >= 11 is 3.13. The smallest absolute Gasteiger partial charge is 0.248 e. The van der Waals surface area contributed by atoms with Crippen LogP contribution in [0, 0.1) is 11.7 Å². The average Bonchev–Trinajstić information content (AvgIpc) is 3.48. The lowest BCUT2D eigenvalue weighted by atomic mass is 10.0. The lowest BCUT2D eigenvalue weighted by Gasteiger charge is -2.20. The Morgan fingerprint density at radius 1 is 1.39 bits per heavy atom. The van der Waals surface area contributed by atoms with Gasteiger partial charge in [0.15, 0.2) is 29.1 Å². The molecule has 2 N–H and O–H groups in total. The van der Waals surface area contributed by atoms with E-state index in [4.69, 9.17) is 14.2 Å². The second-order valence-electron chi connectivity index (χ2n) is 9.60. The molecule has 1 aliphatic heterocycles. The molecule has 1 aliphatic rings. The van der Waals surface area contributed by atoms with Crippen LogP contribution >= 0.6 is 15.9 Å². The third-order valence-electron chi connectivity index (χ3n) is 5.63. The van der Waals surface area contributed by atoms with E-state index >= 15 is 0 Å². The molecule has 0 spiro atoms. The maximum atomic E-state index is 14.3. The maximum Gasteiger partial charge on any atom is 0.248 e. The van der Waals surface area contributed by atoms with E-state index in [-0.39, 0.29) is 39.8 Å². The molecule has 9 nitrogen and oxygen atoms in total. The number of rotatable bonds is 9. The molecule has 2 atom stereocenters. The Balaban J connectivity index is 1.47. The van der Waals surface area contributed by atoms with E-state index in [9.17, 15) is 14.3 Å². The zero-order chi connectivity index (χ0) is 26.0. The predicted molar refractivity (Wildman–Crippen MR) is 135 cm³/mol. The normalized spacial score (nSPS) is 17.9. The Morgan fingerprint density at radius 2 is 2.17 bits per heavy atom. The molecule has 1 aromatic carbocycles. The van der Waals surface area contributed by atoms with E-state index in [1.54, 1.807) is 29.1 Å². The van der Waals surface area contributed by atoms with Crippen molar-refractivity contribution in [2.45, 2.75) is 58.6 Å². The number of aromatic hydroxyl groups is 1. The molecule has 1 saturated heterocycles. The third kappa shape index (κ3) is 6.26. The van der Waals surface area contributed by atoms with Gasteiger partial charge >= 0.3 is 0 Å².